The van der Waals surface area contributed by atoms with E-state index in [2.05, 4.69) is 48.2 Å². The highest BCUT2D eigenvalue weighted by Crippen LogP contribution is 2.25. The van der Waals surface area contributed by atoms with Crippen molar-refractivity contribution >= 4 is 60.4 Å². The Bertz CT molecular complexity index is 726. The number of carbonyl (C=O) groups excluding carboxylic acids is 1. The van der Waals surface area contributed by atoms with Gasteiger partial charge in [0, 0.05) is 46.5 Å². The molecule has 4 heterocycles. The number of rotatable bonds is 3. The minimum Gasteiger partial charge on any atom is -0.379 e. The van der Waals surface area contributed by atoms with Crippen molar-refractivity contribution in [2.45, 2.75) is 6.54 Å². The maximum Gasteiger partial charge on any atom is 0.265 e. The molecule has 2 saturated heterocycles. The summed E-state index contributed by atoms with van der Waals surface area (Å²) < 4.78 is 12.6. The number of ether oxygens (including phenoxy) is 2. The van der Waals surface area contributed by atoms with Crippen molar-refractivity contribution in [3.05, 3.63) is 41.6 Å². The highest BCUT2D eigenvalue weighted by Gasteiger charge is 2.21. The second-order valence-electron chi connectivity index (χ2n) is 6.08. The van der Waals surface area contributed by atoms with Gasteiger partial charge in [0.15, 0.2) is 0 Å². The summed E-state index contributed by atoms with van der Waals surface area (Å²) in [4.78, 5) is 18.4. The van der Waals surface area contributed by atoms with Gasteiger partial charge >= 0.3 is 0 Å². The maximum absolute atomic E-state index is 11.9. The van der Waals surface area contributed by atoms with E-state index in [-0.39, 0.29) is 5.91 Å². The summed E-state index contributed by atoms with van der Waals surface area (Å²) in [5.74, 6) is 0.107. The third-order valence-electron chi connectivity index (χ3n) is 4.27. The Balaban J connectivity index is 0.000000156. The molecule has 2 fully saturated rings. The van der Waals surface area contributed by atoms with Crippen LogP contribution in [0.5, 0.6) is 0 Å². The van der Waals surface area contributed by atoms with Gasteiger partial charge in [0.2, 0.25) is 0 Å². The van der Waals surface area contributed by atoms with Gasteiger partial charge in [0.1, 0.15) is 4.88 Å². The number of amides is 1. The van der Waals surface area contributed by atoms with E-state index < -0.39 is 0 Å². The Labute approximate surface area is 184 Å². The van der Waals surface area contributed by atoms with Crippen LogP contribution in [0.4, 0.5) is 0 Å². The predicted octanol–water partition coefficient (Wildman–Crippen LogP) is 4.33. The molecule has 2 aliphatic rings. The Hall–Kier alpha value is -0.290. The Morgan fingerprint density at radius 3 is 2.07 bits per heavy atom. The number of thiophene rings is 2. The van der Waals surface area contributed by atoms with Crippen LogP contribution in [0.25, 0.3) is 0 Å². The van der Waals surface area contributed by atoms with Gasteiger partial charge in [-0.05, 0) is 54.8 Å². The molecule has 5 nitrogen and oxygen atoms in total. The number of hydrogen-bond acceptors (Lipinski definition) is 6. The SMILES string of the molecule is Brc1ccsc1CN1CCOCC1.O=C(c1sccc1Br)N1CCOCC1. The van der Waals surface area contributed by atoms with Gasteiger partial charge in [-0.1, -0.05) is 0 Å². The topological polar surface area (TPSA) is 42.0 Å². The lowest BCUT2D eigenvalue weighted by atomic mass is 10.3. The molecule has 0 bridgehead atoms. The van der Waals surface area contributed by atoms with Gasteiger partial charge in [-0.25, -0.2) is 0 Å². The molecular weight excluding hydrogens is 516 g/mol. The first-order valence-corrected chi connectivity index (χ1v) is 12.1. The molecule has 0 atom stereocenters. The Morgan fingerprint density at radius 1 is 0.926 bits per heavy atom. The largest absolute Gasteiger partial charge is 0.379 e. The van der Waals surface area contributed by atoms with E-state index in [0.717, 1.165) is 42.2 Å². The van der Waals surface area contributed by atoms with Crippen molar-refractivity contribution in [2.75, 3.05) is 52.6 Å². The van der Waals surface area contributed by atoms with E-state index in [0.29, 0.717) is 26.3 Å². The lowest BCUT2D eigenvalue weighted by Crippen LogP contribution is -2.40. The average Bonchev–Trinajstić information content (AvgIpc) is 3.31. The first-order chi connectivity index (χ1) is 13.1. The molecule has 0 aliphatic carbocycles. The maximum atomic E-state index is 11.9. The van der Waals surface area contributed by atoms with Crippen LogP contribution in [0, 0.1) is 0 Å². The highest BCUT2D eigenvalue weighted by molar-refractivity contribution is 9.11. The molecule has 0 aromatic carbocycles. The molecule has 0 unspecified atom stereocenters. The predicted molar refractivity (Wildman–Crippen MR) is 117 cm³/mol. The number of nitrogens with zero attached hydrogens (tertiary/aromatic N) is 2. The van der Waals surface area contributed by atoms with Gasteiger partial charge in [-0.15, -0.1) is 22.7 Å². The second-order valence-corrected chi connectivity index (χ2v) is 9.71. The molecule has 0 spiro atoms. The summed E-state index contributed by atoms with van der Waals surface area (Å²) in [6.45, 7) is 7.62. The molecule has 4 rings (SSSR count). The summed E-state index contributed by atoms with van der Waals surface area (Å²) in [5, 5.41) is 4.04. The lowest BCUT2D eigenvalue weighted by molar-refractivity contribution is 0.0305. The molecular formula is C18H22Br2N2O3S2. The monoisotopic (exact) mass is 536 g/mol. The van der Waals surface area contributed by atoms with Crippen LogP contribution >= 0.6 is 54.5 Å². The minimum atomic E-state index is 0.107. The second kappa shape index (κ2) is 11.0. The zero-order valence-electron chi connectivity index (χ0n) is 14.9. The van der Waals surface area contributed by atoms with Crippen LogP contribution in [0.3, 0.4) is 0 Å². The average molecular weight is 538 g/mol. The van der Waals surface area contributed by atoms with E-state index in [1.54, 1.807) is 0 Å². The summed E-state index contributed by atoms with van der Waals surface area (Å²) in [6, 6.07) is 4.01. The van der Waals surface area contributed by atoms with Crippen molar-refractivity contribution in [2.24, 2.45) is 0 Å². The van der Waals surface area contributed by atoms with Crippen LogP contribution in [0.15, 0.2) is 31.8 Å². The molecule has 2 aliphatic heterocycles. The van der Waals surface area contributed by atoms with Gasteiger partial charge in [-0.3, -0.25) is 9.69 Å². The van der Waals surface area contributed by atoms with Crippen LogP contribution in [-0.2, 0) is 16.0 Å². The first-order valence-electron chi connectivity index (χ1n) is 8.77. The molecule has 0 radical (unpaired) electrons. The third kappa shape index (κ3) is 6.35. The quantitative estimate of drug-likeness (QED) is 0.584. The van der Waals surface area contributed by atoms with Crippen LogP contribution in [0.2, 0.25) is 0 Å². The van der Waals surface area contributed by atoms with Gasteiger partial charge in [-0.2, -0.15) is 0 Å². The molecule has 2 aromatic rings. The standard InChI is InChI=1S/C9H10BrNO2S.C9H12BrNOS/c10-7-1-6-14-8(7)9(12)11-2-4-13-5-3-11;10-8-1-6-13-9(8)7-11-2-4-12-5-3-11/h1,6H,2-5H2;1,6H,2-5,7H2. The highest BCUT2D eigenvalue weighted by atomic mass is 79.9. The lowest BCUT2D eigenvalue weighted by Gasteiger charge is -2.26. The Kier molecular flexibility index (Phi) is 8.76. The van der Waals surface area contributed by atoms with Crippen molar-refractivity contribution in [3.8, 4) is 0 Å². The zero-order chi connectivity index (χ0) is 19.1. The van der Waals surface area contributed by atoms with Crippen molar-refractivity contribution in [3.63, 3.8) is 0 Å². The normalized spacial score (nSPS) is 18.1. The summed E-state index contributed by atoms with van der Waals surface area (Å²) in [6.07, 6.45) is 0. The van der Waals surface area contributed by atoms with Gasteiger partial charge < -0.3 is 14.4 Å². The summed E-state index contributed by atoms with van der Waals surface area (Å²) in [7, 11) is 0. The first kappa shape index (κ1) is 21.4. The van der Waals surface area contributed by atoms with Crippen molar-refractivity contribution < 1.29 is 14.3 Å². The molecule has 0 N–H and O–H groups in total. The fraction of sp³-hybridized carbons (Fsp3) is 0.500. The van der Waals surface area contributed by atoms with Crippen molar-refractivity contribution in [1.29, 1.82) is 0 Å². The molecule has 9 heteroatoms. The summed E-state index contributed by atoms with van der Waals surface area (Å²) >= 11 is 10.2. The molecule has 0 saturated carbocycles. The zero-order valence-corrected chi connectivity index (χ0v) is 19.7. The smallest absolute Gasteiger partial charge is 0.265 e. The van der Waals surface area contributed by atoms with E-state index in [1.165, 1.54) is 20.7 Å². The number of morpholine rings is 2. The fourth-order valence-electron chi connectivity index (χ4n) is 2.76. The van der Waals surface area contributed by atoms with Gasteiger partial charge in [0.25, 0.3) is 5.91 Å². The van der Waals surface area contributed by atoms with E-state index in [1.807, 2.05) is 27.7 Å². The number of carbonyl (C=O) groups is 1. The van der Waals surface area contributed by atoms with Crippen LogP contribution in [0.1, 0.15) is 14.5 Å². The van der Waals surface area contributed by atoms with E-state index in [9.17, 15) is 4.79 Å². The number of halogens is 2. The molecule has 1 amide bonds. The summed E-state index contributed by atoms with van der Waals surface area (Å²) in [5.41, 5.74) is 0. The van der Waals surface area contributed by atoms with E-state index in [4.69, 9.17) is 9.47 Å². The van der Waals surface area contributed by atoms with E-state index >= 15 is 0 Å². The molecule has 27 heavy (non-hydrogen) atoms. The molecule has 2 aromatic heterocycles. The Morgan fingerprint density at radius 2 is 1.52 bits per heavy atom. The van der Waals surface area contributed by atoms with Crippen LogP contribution < -0.4 is 0 Å². The fourth-order valence-corrected chi connectivity index (χ4v) is 5.78. The number of hydrogen-bond donors (Lipinski definition) is 0. The van der Waals surface area contributed by atoms with Crippen molar-refractivity contribution in [1.82, 2.24) is 9.80 Å². The molecule has 148 valence electrons. The van der Waals surface area contributed by atoms with Gasteiger partial charge in [0.05, 0.1) is 26.4 Å². The minimum absolute atomic E-state index is 0.107. The third-order valence-corrected chi connectivity index (χ3v) is 8.01. The van der Waals surface area contributed by atoms with Crippen LogP contribution in [-0.4, -0.2) is 68.3 Å².